The highest BCUT2D eigenvalue weighted by Gasteiger charge is 2.23. The van der Waals surface area contributed by atoms with E-state index in [0.29, 0.717) is 11.1 Å². The third kappa shape index (κ3) is 5.43. The van der Waals surface area contributed by atoms with Crippen molar-refractivity contribution < 1.29 is 19.1 Å². The first-order valence-electron chi connectivity index (χ1n) is 12.7. The van der Waals surface area contributed by atoms with E-state index in [9.17, 15) is 9.59 Å². The Labute approximate surface area is 218 Å². The summed E-state index contributed by atoms with van der Waals surface area (Å²) in [7, 11) is 1.38. The van der Waals surface area contributed by atoms with Gasteiger partial charge in [0.25, 0.3) is 0 Å². The van der Waals surface area contributed by atoms with Crippen molar-refractivity contribution in [3.8, 4) is 16.8 Å². The SMILES string of the molecule is CCCCc1cc(-n2c(C)nc3cccc(C(=O)OC)c32)ccc1-c1ccccc1C(=O)OC(C)(C)C. The highest BCUT2D eigenvalue weighted by Crippen LogP contribution is 2.33. The van der Waals surface area contributed by atoms with Crippen molar-refractivity contribution in [2.45, 2.75) is 59.5 Å². The van der Waals surface area contributed by atoms with Crippen LogP contribution < -0.4 is 0 Å². The van der Waals surface area contributed by atoms with E-state index >= 15 is 0 Å². The van der Waals surface area contributed by atoms with E-state index in [1.54, 1.807) is 6.07 Å². The van der Waals surface area contributed by atoms with E-state index in [1.807, 2.05) is 74.7 Å². The molecule has 192 valence electrons. The second-order valence-corrected chi connectivity index (χ2v) is 10.2. The summed E-state index contributed by atoms with van der Waals surface area (Å²) in [5.41, 5.74) is 5.73. The molecule has 0 saturated heterocycles. The average molecular weight is 499 g/mol. The fourth-order valence-electron chi connectivity index (χ4n) is 4.62. The van der Waals surface area contributed by atoms with Gasteiger partial charge in [-0.25, -0.2) is 14.6 Å². The van der Waals surface area contributed by atoms with Crippen LogP contribution in [0.25, 0.3) is 27.8 Å². The Balaban J connectivity index is 1.90. The first-order chi connectivity index (χ1) is 17.6. The number of imidazole rings is 1. The second kappa shape index (κ2) is 10.6. The molecule has 6 heteroatoms. The first-order valence-corrected chi connectivity index (χ1v) is 12.7. The lowest BCUT2D eigenvalue weighted by molar-refractivity contribution is 0.00702. The van der Waals surface area contributed by atoms with Crippen molar-refractivity contribution in [2.75, 3.05) is 7.11 Å². The smallest absolute Gasteiger partial charge is 0.340 e. The fraction of sp³-hybridized carbons (Fsp3) is 0.323. The molecule has 4 aromatic rings. The number of carbonyl (C=O) groups is 2. The van der Waals surface area contributed by atoms with Gasteiger partial charge in [0, 0.05) is 5.69 Å². The van der Waals surface area contributed by atoms with Gasteiger partial charge in [0.1, 0.15) is 11.4 Å². The van der Waals surface area contributed by atoms with Crippen LogP contribution in [0.3, 0.4) is 0 Å². The molecule has 0 aliphatic rings. The summed E-state index contributed by atoms with van der Waals surface area (Å²) in [5.74, 6) is 0.0309. The molecule has 3 aromatic carbocycles. The second-order valence-electron chi connectivity index (χ2n) is 10.2. The van der Waals surface area contributed by atoms with Gasteiger partial charge in [-0.1, -0.05) is 43.7 Å². The Bertz CT molecular complexity index is 1460. The summed E-state index contributed by atoms with van der Waals surface area (Å²) in [6.07, 6.45) is 2.89. The zero-order valence-electron chi connectivity index (χ0n) is 22.4. The lowest BCUT2D eigenvalue weighted by Gasteiger charge is -2.21. The lowest BCUT2D eigenvalue weighted by Crippen LogP contribution is -2.24. The average Bonchev–Trinajstić information content (AvgIpc) is 3.21. The summed E-state index contributed by atoms with van der Waals surface area (Å²) in [5, 5.41) is 0. The van der Waals surface area contributed by atoms with Crippen LogP contribution in [0.1, 0.15) is 72.6 Å². The maximum atomic E-state index is 13.1. The number of esters is 2. The number of benzene rings is 3. The Morgan fingerprint density at radius 2 is 1.65 bits per heavy atom. The number of hydrogen-bond acceptors (Lipinski definition) is 5. The largest absolute Gasteiger partial charge is 0.465 e. The van der Waals surface area contributed by atoms with E-state index in [4.69, 9.17) is 14.5 Å². The zero-order valence-corrected chi connectivity index (χ0v) is 22.4. The molecule has 0 aliphatic carbocycles. The number of nitrogens with zero attached hydrogens (tertiary/aromatic N) is 2. The predicted molar refractivity (Wildman–Crippen MR) is 146 cm³/mol. The number of para-hydroxylation sites is 1. The summed E-state index contributed by atoms with van der Waals surface area (Å²) < 4.78 is 12.7. The van der Waals surface area contributed by atoms with Gasteiger partial charge in [-0.15, -0.1) is 0 Å². The molecule has 0 atom stereocenters. The van der Waals surface area contributed by atoms with Crippen LogP contribution in [0.5, 0.6) is 0 Å². The zero-order chi connectivity index (χ0) is 26.7. The molecule has 1 aromatic heterocycles. The van der Waals surface area contributed by atoms with E-state index < -0.39 is 11.6 Å². The van der Waals surface area contributed by atoms with Gasteiger partial charge in [-0.05, 0) is 87.6 Å². The standard InChI is InChI=1S/C31H34N2O4/c1-7-8-12-21-19-22(33-20(2)32-27-16-11-15-26(28(27)33)29(34)36-6)17-18-23(21)24-13-9-10-14-25(24)30(35)37-31(3,4)5/h9-11,13-19H,7-8,12H2,1-6H3. The number of hydrogen-bond donors (Lipinski definition) is 0. The van der Waals surface area contributed by atoms with Crippen LogP contribution in [0.15, 0.2) is 60.7 Å². The van der Waals surface area contributed by atoms with E-state index in [1.165, 1.54) is 7.11 Å². The summed E-state index contributed by atoms with van der Waals surface area (Å²) in [4.78, 5) is 30.3. The first kappa shape index (κ1) is 26.1. The molecule has 0 amide bonds. The van der Waals surface area contributed by atoms with Crippen molar-refractivity contribution in [1.29, 1.82) is 0 Å². The van der Waals surface area contributed by atoms with Gasteiger partial charge >= 0.3 is 11.9 Å². The number of methoxy groups -OCH3 is 1. The Morgan fingerprint density at radius 3 is 2.35 bits per heavy atom. The van der Waals surface area contributed by atoms with Crippen LogP contribution in [0, 0.1) is 6.92 Å². The summed E-state index contributed by atoms with van der Waals surface area (Å²) in [6.45, 7) is 9.70. The topological polar surface area (TPSA) is 70.4 Å². The maximum Gasteiger partial charge on any atom is 0.340 e. The Kier molecular flexibility index (Phi) is 7.48. The number of rotatable bonds is 7. The van der Waals surface area contributed by atoms with Gasteiger partial charge < -0.3 is 9.47 Å². The quantitative estimate of drug-likeness (QED) is 0.255. The third-order valence-corrected chi connectivity index (χ3v) is 6.23. The van der Waals surface area contributed by atoms with E-state index in [0.717, 1.165) is 58.5 Å². The normalized spacial score (nSPS) is 11.5. The van der Waals surface area contributed by atoms with Crippen molar-refractivity contribution >= 4 is 23.0 Å². The lowest BCUT2D eigenvalue weighted by atomic mass is 9.92. The summed E-state index contributed by atoms with van der Waals surface area (Å²) >= 11 is 0. The number of aromatic nitrogens is 2. The molecule has 1 heterocycles. The van der Waals surface area contributed by atoms with Gasteiger partial charge in [0.15, 0.2) is 0 Å². The minimum Gasteiger partial charge on any atom is -0.465 e. The van der Waals surface area contributed by atoms with Gasteiger partial charge in [0.05, 0.1) is 29.3 Å². The molecule has 6 nitrogen and oxygen atoms in total. The molecule has 0 N–H and O–H groups in total. The predicted octanol–water partition coefficient (Wildman–Crippen LogP) is 7.09. The fourth-order valence-corrected chi connectivity index (χ4v) is 4.62. The van der Waals surface area contributed by atoms with Crippen LogP contribution in [0.4, 0.5) is 0 Å². The Morgan fingerprint density at radius 1 is 0.919 bits per heavy atom. The molecule has 0 fully saturated rings. The highest BCUT2D eigenvalue weighted by molar-refractivity contribution is 6.03. The number of aryl methyl sites for hydroxylation is 2. The minimum absolute atomic E-state index is 0.340. The molecular formula is C31H34N2O4. The van der Waals surface area contributed by atoms with Crippen molar-refractivity contribution in [2.24, 2.45) is 0 Å². The van der Waals surface area contributed by atoms with Crippen LogP contribution >= 0.6 is 0 Å². The molecule has 0 radical (unpaired) electrons. The van der Waals surface area contributed by atoms with Gasteiger partial charge in [0.2, 0.25) is 0 Å². The minimum atomic E-state index is -0.587. The third-order valence-electron chi connectivity index (χ3n) is 6.23. The van der Waals surface area contributed by atoms with Crippen molar-refractivity contribution in [3.05, 3.63) is 83.2 Å². The van der Waals surface area contributed by atoms with Gasteiger partial charge in [-0.2, -0.15) is 0 Å². The monoisotopic (exact) mass is 498 g/mol. The number of unbranched alkanes of at least 4 members (excludes halogenated alkanes) is 1. The molecule has 0 saturated carbocycles. The highest BCUT2D eigenvalue weighted by atomic mass is 16.6. The number of fused-ring (bicyclic) bond motifs is 1. The molecule has 0 bridgehead atoms. The molecular weight excluding hydrogens is 464 g/mol. The van der Waals surface area contributed by atoms with Crippen molar-refractivity contribution in [1.82, 2.24) is 9.55 Å². The van der Waals surface area contributed by atoms with Crippen LogP contribution in [0.2, 0.25) is 0 Å². The van der Waals surface area contributed by atoms with Crippen LogP contribution in [-0.4, -0.2) is 34.2 Å². The molecule has 0 unspecified atom stereocenters. The van der Waals surface area contributed by atoms with E-state index in [-0.39, 0.29) is 5.97 Å². The number of carbonyl (C=O) groups excluding carboxylic acids is 2. The van der Waals surface area contributed by atoms with Crippen molar-refractivity contribution in [3.63, 3.8) is 0 Å². The molecule has 0 aliphatic heterocycles. The number of ether oxygens (including phenoxy) is 2. The Hall–Kier alpha value is -3.93. The molecule has 0 spiro atoms. The van der Waals surface area contributed by atoms with Crippen LogP contribution in [-0.2, 0) is 15.9 Å². The van der Waals surface area contributed by atoms with Gasteiger partial charge in [-0.3, -0.25) is 4.57 Å². The molecule has 37 heavy (non-hydrogen) atoms. The van der Waals surface area contributed by atoms with E-state index in [2.05, 4.69) is 19.1 Å². The maximum absolute atomic E-state index is 13.1. The summed E-state index contributed by atoms with van der Waals surface area (Å²) in [6, 6.07) is 19.3. The molecule has 4 rings (SSSR count).